The fraction of sp³-hybridized carbons (Fsp3) is 0.236. The molecule has 0 aliphatic carbocycles. The molecular formula is C55H51ClN10O7. The lowest BCUT2D eigenvalue weighted by Crippen LogP contribution is -2.54. The van der Waals surface area contributed by atoms with E-state index in [1.54, 1.807) is 53.4 Å². The van der Waals surface area contributed by atoms with E-state index < -0.39 is 18.0 Å². The summed E-state index contributed by atoms with van der Waals surface area (Å²) >= 11 is 6.19. The number of carbonyl (C=O) groups is 5. The number of para-hydroxylation sites is 1. The molecule has 1 unspecified atom stereocenters. The van der Waals surface area contributed by atoms with Gasteiger partial charge in [0.15, 0.2) is 5.65 Å². The number of nitrogen functional groups attached to an aromatic ring is 1. The van der Waals surface area contributed by atoms with Crippen molar-refractivity contribution in [3.8, 4) is 28.5 Å². The van der Waals surface area contributed by atoms with Crippen molar-refractivity contribution in [3.05, 3.63) is 167 Å². The second kappa shape index (κ2) is 20.6. The van der Waals surface area contributed by atoms with Gasteiger partial charge in [-0.2, -0.15) is 5.10 Å². The van der Waals surface area contributed by atoms with Gasteiger partial charge < -0.3 is 35.6 Å². The Morgan fingerprint density at radius 2 is 1.63 bits per heavy atom. The van der Waals surface area contributed by atoms with E-state index in [0.717, 1.165) is 40.8 Å². The van der Waals surface area contributed by atoms with Crippen molar-refractivity contribution in [1.82, 2.24) is 39.8 Å². The highest BCUT2D eigenvalue weighted by atomic mass is 35.5. The van der Waals surface area contributed by atoms with E-state index in [1.165, 1.54) is 16.1 Å². The number of benzene rings is 5. The number of imide groups is 1. The van der Waals surface area contributed by atoms with Gasteiger partial charge in [-0.05, 0) is 115 Å². The average molecular weight is 1000 g/mol. The Kier molecular flexibility index (Phi) is 13.6. The zero-order chi connectivity index (χ0) is 50.8. The summed E-state index contributed by atoms with van der Waals surface area (Å²) in [6.45, 7) is 7.21. The smallest absolute Gasteiger partial charge is 0.319 e. The van der Waals surface area contributed by atoms with Crippen molar-refractivity contribution >= 4 is 63.8 Å². The van der Waals surface area contributed by atoms with Crippen molar-refractivity contribution in [2.75, 3.05) is 30.7 Å². The monoisotopic (exact) mass is 998 g/mol. The third-order valence-electron chi connectivity index (χ3n) is 13.4. The summed E-state index contributed by atoms with van der Waals surface area (Å²) in [4.78, 5) is 80.5. The minimum atomic E-state index is -0.818. The molecule has 10 rings (SSSR count). The van der Waals surface area contributed by atoms with Gasteiger partial charge in [0.05, 0.1) is 18.0 Å². The van der Waals surface area contributed by atoms with Crippen LogP contribution in [0.3, 0.4) is 0 Å². The van der Waals surface area contributed by atoms with E-state index in [4.69, 9.17) is 31.9 Å². The summed E-state index contributed by atoms with van der Waals surface area (Å²) in [6.07, 6.45) is 3.23. The molecule has 2 aromatic heterocycles. The van der Waals surface area contributed by atoms with Crippen LogP contribution in [0, 0.1) is 6.92 Å². The van der Waals surface area contributed by atoms with Crippen LogP contribution < -0.4 is 25.8 Å². The first-order chi connectivity index (χ1) is 35.4. The normalized spacial score (nSPS) is 16.6. The molecule has 2 atom stereocenters. The number of hydrogen-bond donors (Lipinski definition) is 3. The van der Waals surface area contributed by atoms with Gasteiger partial charge in [-0.1, -0.05) is 66.7 Å². The Morgan fingerprint density at radius 1 is 0.877 bits per heavy atom. The van der Waals surface area contributed by atoms with Crippen LogP contribution in [0.15, 0.2) is 134 Å². The molecule has 0 spiro atoms. The van der Waals surface area contributed by atoms with E-state index in [9.17, 15) is 24.0 Å². The lowest BCUT2D eigenvalue weighted by molar-refractivity contribution is -0.153. The van der Waals surface area contributed by atoms with Crippen molar-refractivity contribution < 1.29 is 33.4 Å². The van der Waals surface area contributed by atoms with E-state index >= 15 is 0 Å². The van der Waals surface area contributed by atoms with Crippen LogP contribution in [0.4, 0.5) is 16.3 Å². The second-order valence-corrected chi connectivity index (χ2v) is 18.7. The van der Waals surface area contributed by atoms with Crippen LogP contribution in [-0.2, 0) is 34.0 Å². The van der Waals surface area contributed by atoms with Gasteiger partial charge in [0.1, 0.15) is 47.7 Å². The Bertz CT molecular complexity index is 3290. The number of nitrogens with one attached hydrogen (secondary N) is 2. The van der Waals surface area contributed by atoms with Gasteiger partial charge in [-0.15, -0.1) is 0 Å². The summed E-state index contributed by atoms with van der Waals surface area (Å²) in [7, 11) is 0. The number of amides is 6. The van der Waals surface area contributed by atoms with Crippen molar-refractivity contribution in [3.63, 3.8) is 0 Å². The standard InChI is InChI=1S/C55H51ClN10O7/c1-33-10-16-39(26-45(33)56)61-55(71)58-27-36-13-21-44-38(25-36)29-64(53(44)69)46-22-23-47(67)65(54(46)70)28-35-11-17-41(18-12-35)72-31-34(2)52(68)63-24-6-7-40(30-63)66-51-48(50(57)59-32-60-51)49(62-66)37-14-19-43(20-15-37)73-42-8-4-3-5-9-42/h3-5,8-21,25-26,32,40,46H,2,6-7,22-24,27-31H2,1H3,(H2,57,59,60)(H2,58,61,71)/t40-,46?/m1/s1. The maximum absolute atomic E-state index is 13.9. The Morgan fingerprint density at radius 3 is 2.41 bits per heavy atom. The summed E-state index contributed by atoms with van der Waals surface area (Å²) < 4.78 is 13.9. The van der Waals surface area contributed by atoms with E-state index in [-0.39, 0.29) is 68.4 Å². The van der Waals surface area contributed by atoms with E-state index in [0.29, 0.717) is 69.0 Å². The quantitative estimate of drug-likeness (QED) is 0.0694. The molecule has 4 N–H and O–H groups in total. The van der Waals surface area contributed by atoms with Crippen LogP contribution in [0.2, 0.25) is 5.02 Å². The number of aromatic nitrogens is 4. The first-order valence-corrected chi connectivity index (χ1v) is 24.3. The summed E-state index contributed by atoms with van der Waals surface area (Å²) in [6, 6.07) is 33.2. The number of ether oxygens (including phenoxy) is 2. The second-order valence-electron chi connectivity index (χ2n) is 18.3. The molecule has 5 heterocycles. The van der Waals surface area contributed by atoms with Gasteiger partial charge in [0, 0.05) is 60.0 Å². The Hall–Kier alpha value is -8.57. The zero-order valence-corrected chi connectivity index (χ0v) is 40.7. The number of fused-ring (bicyclic) bond motifs is 2. The minimum absolute atomic E-state index is 0.0130. The molecule has 3 aliphatic rings. The number of anilines is 2. The molecule has 17 nitrogen and oxygen atoms in total. The summed E-state index contributed by atoms with van der Waals surface area (Å²) in [5, 5.41) is 11.8. The molecular weight excluding hydrogens is 948 g/mol. The van der Waals surface area contributed by atoms with E-state index in [2.05, 4.69) is 27.2 Å². The molecule has 73 heavy (non-hydrogen) atoms. The maximum Gasteiger partial charge on any atom is 0.319 e. The number of likely N-dealkylation sites (tertiary alicyclic amines) is 2. The van der Waals surface area contributed by atoms with Gasteiger partial charge in [0.2, 0.25) is 5.91 Å². The summed E-state index contributed by atoms with van der Waals surface area (Å²) in [5.74, 6) is 0.895. The number of hydrogen-bond acceptors (Lipinski definition) is 11. The van der Waals surface area contributed by atoms with Crippen LogP contribution in [-0.4, -0.2) is 89.8 Å². The van der Waals surface area contributed by atoms with Gasteiger partial charge in [-0.25, -0.2) is 19.4 Å². The molecule has 0 bridgehead atoms. The van der Waals surface area contributed by atoms with Gasteiger partial charge >= 0.3 is 6.03 Å². The number of aryl methyl sites for hydroxylation is 1. The fourth-order valence-corrected chi connectivity index (χ4v) is 9.67. The number of carbonyl (C=O) groups excluding carboxylic acids is 5. The van der Waals surface area contributed by atoms with Crippen molar-refractivity contribution in [2.45, 2.75) is 64.3 Å². The SMILES string of the molecule is C=C(COc1ccc(CN2C(=O)CCC(N3Cc4cc(CNC(=O)Nc5ccc(C)c(Cl)c5)ccc4C3=O)C2=O)cc1)C(=O)N1CCC[C@@H](n2nc(-c3ccc(Oc4ccccc4)cc3)c3c(N)ncnc32)C1. The van der Waals surface area contributed by atoms with Crippen molar-refractivity contribution in [2.24, 2.45) is 0 Å². The Balaban J connectivity index is 0.722. The fourth-order valence-electron chi connectivity index (χ4n) is 9.49. The van der Waals surface area contributed by atoms with Gasteiger partial charge in [-0.3, -0.25) is 24.1 Å². The van der Waals surface area contributed by atoms with Crippen LogP contribution in [0.25, 0.3) is 22.3 Å². The first-order valence-electron chi connectivity index (χ1n) is 24.0. The lowest BCUT2D eigenvalue weighted by Gasteiger charge is -2.35. The molecule has 370 valence electrons. The predicted molar refractivity (Wildman–Crippen MR) is 275 cm³/mol. The molecule has 7 aromatic rings. The number of halogens is 1. The molecule has 6 amide bonds. The van der Waals surface area contributed by atoms with Crippen LogP contribution in [0.1, 0.15) is 64.3 Å². The Labute approximate surface area is 425 Å². The third-order valence-corrected chi connectivity index (χ3v) is 13.8. The molecule has 3 aliphatic heterocycles. The third kappa shape index (κ3) is 10.3. The van der Waals surface area contributed by atoms with E-state index in [1.807, 2.05) is 78.3 Å². The molecule has 2 fully saturated rings. The van der Waals surface area contributed by atoms with Crippen molar-refractivity contribution in [1.29, 1.82) is 0 Å². The molecule has 0 radical (unpaired) electrons. The lowest BCUT2D eigenvalue weighted by atomic mass is 10.0. The predicted octanol–water partition coefficient (Wildman–Crippen LogP) is 8.62. The highest BCUT2D eigenvalue weighted by molar-refractivity contribution is 6.31. The highest BCUT2D eigenvalue weighted by Crippen LogP contribution is 2.36. The number of rotatable bonds is 14. The van der Waals surface area contributed by atoms with Crippen LogP contribution >= 0.6 is 11.6 Å². The molecule has 2 saturated heterocycles. The molecule has 5 aromatic carbocycles. The summed E-state index contributed by atoms with van der Waals surface area (Å²) in [5.41, 5.74) is 12.9. The number of urea groups is 1. The van der Waals surface area contributed by atoms with Crippen LogP contribution in [0.5, 0.6) is 17.2 Å². The van der Waals surface area contributed by atoms with Gasteiger partial charge in [0.25, 0.3) is 17.7 Å². The largest absolute Gasteiger partial charge is 0.489 e. The topological polar surface area (TPSA) is 207 Å². The minimum Gasteiger partial charge on any atom is -0.489 e. The highest BCUT2D eigenvalue weighted by Gasteiger charge is 2.43. The maximum atomic E-state index is 13.9. The number of piperidine rings is 2. The number of nitrogens with two attached hydrogens (primary N) is 1. The zero-order valence-electron chi connectivity index (χ0n) is 39.9. The average Bonchev–Trinajstić information content (AvgIpc) is 3.96. The molecule has 18 heteroatoms. The first kappa shape index (κ1) is 48.1. The molecule has 0 saturated carbocycles. The number of nitrogens with zero attached hydrogens (tertiary/aromatic N) is 7.